The van der Waals surface area contributed by atoms with Gasteiger partial charge in [0.25, 0.3) is 5.91 Å². The molecule has 1 atom stereocenters. The van der Waals surface area contributed by atoms with Crippen LogP contribution in [0.2, 0.25) is 0 Å². The summed E-state index contributed by atoms with van der Waals surface area (Å²) in [4.78, 5) is 30.4. The van der Waals surface area contributed by atoms with E-state index in [1.807, 2.05) is 78.5 Å². The number of nitrogens with zero attached hydrogens (tertiary/aromatic N) is 2. The second kappa shape index (κ2) is 10.3. The van der Waals surface area contributed by atoms with Gasteiger partial charge in [0.05, 0.1) is 17.1 Å². The summed E-state index contributed by atoms with van der Waals surface area (Å²) in [6.45, 7) is 8.12. The van der Waals surface area contributed by atoms with Crippen LogP contribution >= 0.6 is 0 Å². The van der Waals surface area contributed by atoms with Crippen LogP contribution in [-0.2, 0) is 10.2 Å². The number of hydrogen-bond acceptors (Lipinski definition) is 3. The van der Waals surface area contributed by atoms with Gasteiger partial charge in [-0.3, -0.25) is 9.59 Å². The standard InChI is InChI=1S/C35H37N3O2/c1-24(39)38-31-22-32(37(5)6)30(21-29(31)35(4,23-34(38,2)3)28-15-11-8-12-16-28)36-33(40)27-19-17-26(18-20-27)25-13-9-7-10-14-25/h7-22H,23H2,1-6H3,(H,36,40). The van der Waals surface area contributed by atoms with Gasteiger partial charge >= 0.3 is 0 Å². The maximum atomic E-state index is 13.5. The minimum absolute atomic E-state index is 0.00126. The molecule has 4 aromatic rings. The van der Waals surface area contributed by atoms with Gasteiger partial charge in [-0.25, -0.2) is 0 Å². The Morgan fingerprint density at radius 3 is 1.95 bits per heavy atom. The molecule has 1 heterocycles. The van der Waals surface area contributed by atoms with Gasteiger partial charge in [-0.1, -0.05) is 79.7 Å². The van der Waals surface area contributed by atoms with Crippen LogP contribution in [-0.4, -0.2) is 31.4 Å². The van der Waals surface area contributed by atoms with Crippen molar-refractivity contribution in [2.24, 2.45) is 0 Å². The quantitative estimate of drug-likeness (QED) is 0.290. The molecule has 0 radical (unpaired) electrons. The normalized spacial score (nSPS) is 17.6. The summed E-state index contributed by atoms with van der Waals surface area (Å²) >= 11 is 0. The molecule has 0 spiro atoms. The summed E-state index contributed by atoms with van der Waals surface area (Å²) in [6, 6.07) is 32.3. The number of rotatable bonds is 5. The van der Waals surface area contributed by atoms with E-state index in [1.165, 1.54) is 5.56 Å². The molecule has 5 nitrogen and oxygen atoms in total. The lowest BCUT2D eigenvalue weighted by Gasteiger charge is -2.51. The van der Waals surface area contributed by atoms with Gasteiger partial charge in [0.15, 0.2) is 0 Å². The van der Waals surface area contributed by atoms with Gasteiger partial charge in [0.2, 0.25) is 5.91 Å². The van der Waals surface area contributed by atoms with E-state index in [0.717, 1.165) is 34.5 Å². The minimum atomic E-state index is -0.404. The van der Waals surface area contributed by atoms with Crippen LogP contribution in [0.4, 0.5) is 17.1 Å². The SMILES string of the molecule is CC(=O)N1c2cc(N(C)C)c(NC(=O)c3ccc(-c4ccccc4)cc3)cc2C(C)(c2ccccc2)CC1(C)C. The van der Waals surface area contributed by atoms with E-state index in [4.69, 9.17) is 0 Å². The predicted octanol–water partition coefficient (Wildman–Crippen LogP) is 7.51. The Bertz CT molecular complexity index is 1540. The van der Waals surface area contributed by atoms with Gasteiger partial charge in [-0.05, 0) is 66.8 Å². The first-order valence-electron chi connectivity index (χ1n) is 13.7. The lowest BCUT2D eigenvalue weighted by molar-refractivity contribution is -0.117. The fraction of sp³-hybridized carbons (Fsp3) is 0.257. The molecule has 0 aliphatic carbocycles. The maximum Gasteiger partial charge on any atom is 0.255 e. The number of carbonyl (C=O) groups is 2. The number of amides is 2. The molecule has 0 saturated heterocycles. The first-order chi connectivity index (χ1) is 19.0. The van der Waals surface area contributed by atoms with Crippen molar-refractivity contribution in [3.63, 3.8) is 0 Å². The van der Waals surface area contributed by atoms with Crippen molar-refractivity contribution >= 4 is 28.9 Å². The third-order valence-electron chi connectivity index (χ3n) is 8.05. The molecular weight excluding hydrogens is 494 g/mol. The van der Waals surface area contributed by atoms with E-state index in [9.17, 15) is 9.59 Å². The Hall–Kier alpha value is -4.38. The Kier molecular flexibility index (Phi) is 7.01. The molecular formula is C35H37N3O2. The van der Waals surface area contributed by atoms with Crippen LogP contribution in [0.25, 0.3) is 11.1 Å². The molecule has 5 heteroatoms. The van der Waals surface area contributed by atoms with Crippen molar-refractivity contribution in [2.75, 3.05) is 29.2 Å². The Labute approximate surface area is 237 Å². The molecule has 204 valence electrons. The average Bonchev–Trinajstić information content (AvgIpc) is 2.93. The zero-order chi connectivity index (χ0) is 28.7. The van der Waals surface area contributed by atoms with Crippen LogP contribution in [0.1, 0.15) is 55.6 Å². The Balaban J connectivity index is 1.59. The van der Waals surface area contributed by atoms with Crippen LogP contribution in [0.5, 0.6) is 0 Å². The van der Waals surface area contributed by atoms with Crippen molar-refractivity contribution < 1.29 is 9.59 Å². The average molecular weight is 532 g/mol. The summed E-state index contributed by atoms with van der Waals surface area (Å²) in [5.41, 5.74) is 6.61. The van der Waals surface area contributed by atoms with Gasteiger partial charge in [0, 0.05) is 37.5 Å². The highest BCUT2D eigenvalue weighted by Gasteiger charge is 2.47. The molecule has 1 aliphatic rings. The predicted molar refractivity (Wildman–Crippen MR) is 165 cm³/mol. The summed E-state index contributed by atoms with van der Waals surface area (Å²) < 4.78 is 0. The third kappa shape index (κ3) is 4.88. The number of carbonyl (C=O) groups excluding carboxylic acids is 2. The number of anilines is 3. The summed E-state index contributed by atoms with van der Waals surface area (Å²) in [5.74, 6) is -0.176. The first-order valence-corrected chi connectivity index (χ1v) is 13.7. The summed E-state index contributed by atoms with van der Waals surface area (Å²) in [5, 5.41) is 3.19. The summed E-state index contributed by atoms with van der Waals surface area (Å²) in [7, 11) is 3.91. The van der Waals surface area contributed by atoms with Gasteiger partial charge < -0.3 is 15.1 Å². The topological polar surface area (TPSA) is 52.7 Å². The fourth-order valence-electron chi connectivity index (χ4n) is 6.34. The van der Waals surface area contributed by atoms with E-state index in [0.29, 0.717) is 11.3 Å². The monoisotopic (exact) mass is 531 g/mol. The number of hydrogen-bond donors (Lipinski definition) is 1. The molecule has 4 aromatic carbocycles. The van der Waals surface area contributed by atoms with Gasteiger partial charge in [-0.2, -0.15) is 0 Å². The largest absolute Gasteiger partial charge is 0.376 e. The molecule has 1 N–H and O–H groups in total. The molecule has 40 heavy (non-hydrogen) atoms. The Morgan fingerprint density at radius 1 is 0.800 bits per heavy atom. The highest BCUT2D eigenvalue weighted by atomic mass is 16.2. The van der Waals surface area contributed by atoms with Crippen molar-refractivity contribution in [2.45, 2.75) is 45.1 Å². The molecule has 5 rings (SSSR count). The zero-order valence-corrected chi connectivity index (χ0v) is 24.2. The lowest BCUT2D eigenvalue weighted by Crippen LogP contribution is -2.55. The molecule has 0 saturated carbocycles. The molecule has 1 unspecified atom stereocenters. The van der Waals surface area contributed by atoms with E-state index < -0.39 is 5.54 Å². The number of fused-ring (bicyclic) bond motifs is 1. The van der Waals surface area contributed by atoms with Gasteiger partial charge in [-0.15, -0.1) is 0 Å². The minimum Gasteiger partial charge on any atom is -0.376 e. The zero-order valence-electron chi connectivity index (χ0n) is 24.2. The van der Waals surface area contributed by atoms with Crippen molar-refractivity contribution in [1.82, 2.24) is 0 Å². The van der Waals surface area contributed by atoms with Crippen LogP contribution in [0.3, 0.4) is 0 Å². The van der Waals surface area contributed by atoms with E-state index in [1.54, 1.807) is 6.92 Å². The molecule has 0 fully saturated rings. The maximum absolute atomic E-state index is 13.5. The number of nitrogens with one attached hydrogen (secondary N) is 1. The van der Waals surface area contributed by atoms with Crippen molar-refractivity contribution in [3.8, 4) is 11.1 Å². The van der Waals surface area contributed by atoms with E-state index in [-0.39, 0.29) is 17.2 Å². The fourth-order valence-corrected chi connectivity index (χ4v) is 6.34. The molecule has 0 bridgehead atoms. The smallest absolute Gasteiger partial charge is 0.255 e. The lowest BCUT2D eigenvalue weighted by atomic mass is 9.65. The van der Waals surface area contributed by atoms with E-state index >= 15 is 0 Å². The van der Waals surface area contributed by atoms with Crippen molar-refractivity contribution in [3.05, 3.63) is 114 Å². The van der Waals surface area contributed by atoms with Gasteiger partial charge in [0.1, 0.15) is 0 Å². The number of benzene rings is 4. The highest BCUT2D eigenvalue weighted by Crippen LogP contribution is 2.52. The van der Waals surface area contributed by atoms with Crippen molar-refractivity contribution in [1.29, 1.82) is 0 Å². The second-order valence-corrected chi connectivity index (χ2v) is 11.7. The second-order valence-electron chi connectivity index (χ2n) is 11.7. The highest BCUT2D eigenvalue weighted by molar-refractivity contribution is 6.07. The summed E-state index contributed by atoms with van der Waals surface area (Å²) in [6.07, 6.45) is 0.742. The molecule has 0 aromatic heterocycles. The van der Waals surface area contributed by atoms with Crippen LogP contribution in [0, 0.1) is 0 Å². The van der Waals surface area contributed by atoms with Crippen LogP contribution < -0.4 is 15.1 Å². The van der Waals surface area contributed by atoms with E-state index in [2.05, 4.69) is 68.6 Å². The first kappa shape index (κ1) is 27.2. The van der Waals surface area contributed by atoms with Crippen LogP contribution in [0.15, 0.2) is 97.1 Å². The Morgan fingerprint density at radius 2 is 1.38 bits per heavy atom. The molecule has 1 aliphatic heterocycles. The molecule has 2 amide bonds. The third-order valence-corrected chi connectivity index (χ3v) is 8.05.